The number of nitrogens with zero attached hydrogens (tertiary/aromatic N) is 2. The zero-order valence-corrected chi connectivity index (χ0v) is 18.1. The molecule has 166 valence electrons. The van der Waals surface area contributed by atoms with Crippen LogP contribution >= 0.6 is 0 Å². The second-order valence-corrected chi connectivity index (χ2v) is 8.12. The Kier molecular flexibility index (Phi) is 5.68. The highest BCUT2D eigenvalue weighted by Gasteiger charge is 2.43. The van der Waals surface area contributed by atoms with Gasteiger partial charge in [-0.15, -0.1) is 0 Å². The molecular formula is C25H26N2O5. The minimum Gasteiger partial charge on any atom is -0.496 e. The maximum absolute atomic E-state index is 13.5. The van der Waals surface area contributed by atoms with Gasteiger partial charge in [-0.05, 0) is 24.6 Å². The van der Waals surface area contributed by atoms with Gasteiger partial charge in [-0.1, -0.05) is 30.3 Å². The van der Waals surface area contributed by atoms with Crippen molar-refractivity contribution in [2.75, 3.05) is 46.5 Å². The molecule has 0 aliphatic carbocycles. The van der Waals surface area contributed by atoms with Crippen LogP contribution in [-0.4, -0.2) is 62.2 Å². The van der Waals surface area contributed by atoms with E-state index < -0.39 is 6.04 Å². The Morgan fingerprint density at radius 2 is 1.75 bits per heavy atom. The number of carbonyl (C=O) groups is 1. The fraction of sp³-hybridized carbons (Fsp3) is 0.360. The number of fused-ring (bicyclic) bond motifs is 2. The molecular weight excluding hydrogens is 408 g/mol. The number of methoxy groups -OCH3 is 1. The Balaban J connectivity index is 1.55. The van der Waals surface area contributed by atoms with Gasteiger partial charge in [-0.3, -0.25) is 14.5 Å². The number of para-hydroxylation sites is 2. The van der Waals surface area contributed by atoms with Gasteiger partial charge in [0.15, 0.2) is 5.43 Å². The van der Waals surface area contributed by atoms with E-state index in [1.807, 2.05) is 24.3 Å². The summed E-state index contributed by atoms with van der Waals surface area (Å²) in [7, 11) is 1.60. The average Bonchev–Trinajstić information content (AvgIpc) is 3.11. The fourth-order valence-corrected chi connectivity index (χ4v) is 4.70. The summed E-state index contributed by atoms with van der Waals surface area (Å²) in [6.07, 6.45) is 0.791. The van der Waals surface area contributed by atoms with Crippen LogP contribution in [0.4, 0.5) is 0 Å². The molecule has 0 spiro atoms. The highest BCUT2D eigenvalue weighted by atomic mass is 16.5. The molecule has 7 nitrogen and oxygen atoms in total. The number of carbonyl (C=O) groups excluding carboxylic acids is 1. The third-order valence-corrected chi connectivity index (χ3v) is 6.28. The highest BCUT2D eigenvalue weighted by molar-refractivity contribution is 5.99. The molecule has 0 N–H and O–H groups in total. The first-order valence-electron chi connectivity index (χ1n) is 11.0. The van der Waals surface area contributed by atoms with E-state index in [2.05, 4.69) is 4.90 Å². The number of benzene rings is 2. The van der Waals surface area contributed by atoms with E-state index in [4.69, 9.17) is 13.9 Å². The molecule has 1 atom stereocenters. The lowest BCUT2D eigenvalue weighted by atomic mass is 9.97. The van der Waals surface area contributed by atoms with Gasteiger partial charge < -0.3 is 18.8 Å². The molecule has 3 aromatic rings. The summed E-state index contributed by atoms with van der Waals surface area (Å²) >= 11 is 0. The molecule has 1 amide bonds. The Morgan fingerprint density at radius 3 is 2.56 bits per heavy atom. The van der Waals surface area contributed by atoms with E-state index in [-0.39, 0.29) is 17.1 Å². The lowest BCUT2D eigenvalue weighted by Gasteiger charge is -2.29. The summed E-state index contributed by atoms with van der Waals surface area (Å²) in [5.41, 5.74) is 1.45. The molecule has 2 aliphatic heterocycles. The van der Waals surface area contributed by atoms with Crippen LogP contribution in [0.3, 0.4) is 0 Å². The van der Waals surface area contributed by atoms with Gasteiger partial charge in [0, 0.05) is 31.7 Å². The summed E-state index contributed by atoms with van der Waals surface area (Å²) in [6, 6.07) is 14.1. The molecule has 3 heterocycles. The molecule has 1 fully saturated rings. The predicted molar refractivity (Wildman–Crippen MR) is 120 cm³/mol. The van der Waals surface area contributed by atoms with Gasteiger partial charge in [0.25, 0.3) is 5.91 Å². The molecule has 2 aliphatic rings. The van der Waals surface area contributed by atoms with Crippen LogP contribution in [0.25, 0.3) is 11.0 Å². The maximum Gasteiger partial charge on any atom is 0.290 e. The van der Waals surface area contributed by atoms with Crippen LogP contribution in [0.2, 0.25) is 0 Å². The van der Waals surface area contributed by atoms with Crippen LogP contribution in [-0.2, 0) is 4.74 Å². The van der Waals surface area contributed by atoms with Gasteiger partial charge >= 0.3 is 0 Å². The molecule has 1 unspecified atom stereocenters. The van der Waals surface area contributed by atoms with Crippen molar-refractivity contribution in [2.45, 2.75) is 12.5 Å². The van der Waals surface area contributed by atoms with Crippen molar-refractivity contribution >= 4 is 16.9 Å². The predicted octanol–water partition coefficient (Wildman–Crippen LogP) is 3.07. The van der Waals surface area contributed by atoms with Crippen molar-refractivity contribution in [3.8, 4) is 5.75 Å². The normalized spacial score (nSPS) is 18.8. The highest BCUT2D eigenvalue weighted by Crippen LogP contribution is 2.41. The van der Waals surface area contributed by atoms with Crippen molar-refractivity contribution in [1.29, 1.82) is 0 Å². The van der Waals surface area contributed by atoms with E-state index in [1.165, 1.54) is 0 Å². The first kappa shape index (κ1) is 20.7. The largest absolute Gasteiger partial charge is 0.496 e. The minimum absolute atomic E-state index is 0.135. The first-order valence-corrected chi connectivity index (χ1v) is 11.0. The van der Waals surface area contributed by atoms with Gasteiger partial charge in [0.1, 0.15) is 11.3 Å². The van der Waals surface area contributed by atoms with Crippen molar-refractivity contribution in [1.82, 2.24) is 9.80 Å². The van der Waals surface area contributed by atoms with Gasteiger partial charge in [-0.2, -0.15) is 0 Å². The minimum atomic E-state index is -0.542. The Hall–Kier alpha value is -3.16. The van der Waals surface area contributed by atoms with Crippen molar-refractivity contribution < 1.29 is 18.7 Å². The maximum atomic E-state index is 13.5. The second kappa shape index (κ2) is 8.76. The molecule has 32 heavy (non-hydrogen) atoms. The number of ether oxygens (including phenoxy) is 2. The van der Waals surface area contributed by atoms with Crippen molar-refractivity contribution in [3.05, 3.63) is 75.6 Å². The number of morpholine rings is 1. The first-order chi connectivity index (χ1) is 15.7. The quantitative estimate of drug-likeness (QED) is 0.594. The molecule has 7 heteroatoms. The Morgan fingerprint density at radius 1 is 1.00 bits per heavy atom. The summed E-state index contributed by atoms with van der Waals surface area (Å²) in [6.45, 7) is 4.65. The fourth-order valence-electron chi connectivity index (χ4n) is 4.70. The van der Waals surface area contributed by atoms with Crippen LogP contribution in [0.15, 0.2) is 57.7 Å². The summed E-state index contributed by atoms with van der Waals surface area (Å²) in [5.74, 6) is 0.528. The lowest BCUT2D eigenvalue weighted by molar-refractivity contribution is 0.0353. The van der Waals surface area contributed by atoms with E-state index in [0.717, 1.165) is 44.8 Å². The monoisotopic (exact) mass is 434 g/mol. The molecule has 2 aromatic carbocycles. The molecule has 0 bridgehead atoms. The average molecular weight is 434 g/mol. The van der Waals surface area contributed by atoms with E-state index in [1.54, 1.807) is 36.3 Å². The van der Waals surface area contributed by atoms with Crippen LogP contribution in [0, 0.1) is 0 Å². The molecule has 0 radical (unpaired) electrons. The third kappa shape index (κ3) is 3.57. The van der Waals surface area contributed by atoms with Crippen LogP contribution in [0.1, 0.15) is 34.1 Å². The zero-order chi connectivity index (χ0) is 22.1. The second-order valence-electron chi connectivity index (χ2n) is 8.12. The lowest BCUT2D eigenvalue weighted by Crippen LogP contribution is -2.38. The van der Waals surface area contributed by atoms with Gasteiger partial charge in [-0.25, -0.2) is 0 Å². The van der Waals surface area contributed by atoms with Gasteiger partial charge in [0.2, 0.25) is 5.76 Å². The van der Waals surface area contributed by atoms with Crippen LogP contribution < -0.4 is 10.2 Å². The zero-order valence-electron chi connectivity index (χ0n) is 18.1. The SMILES string of the molecule is COc1ccccc1C1c2c(oc3ccccc3c2=O)C(=O)N1CCCN1CCOCC1. The molecule has 1 saturated heterocycles. The van der Waals surface area contributed by atoms with E-state index in [9.17, 15) is 9.59 Å². The summed E-state index contributed by atoms with van der Waals surface area (Å²) < 4.78 is 17.0. The van der Waals surface area contributed by atoms with E-state index in [0.29, 0.717) is 28.8 Å². The Labute approximate surface area is 186 Å². The topological polar surface area (TPSA) is 72.2 Å². The number of rotatable bonds is 6. The molecule has 1 aromatic heterocycles. The van der Waals surface area contributed by atoms with Crippen molar-refractivity contribution in [3.63, 3.8) is 0 Å². The van der Waals surface area contributed by atoms with Crippen molar-refractivity contribution in [2.24, 2.45) is 0 Å². The third-order valence-electron chi connectivity index (χ3n) is 6.28. The molecule has 5 rings (SSSR count). The number of hydrogen-bond donors (Lipinski definition) is 0. The summed E-state index contributed by atoms with van der Waals surface area (Å²) in [4.78, 5) is 31.1. The van der Waals surface area contributed by atoms with E-state index >= 15 is 0 Å². The standard InChI is InChI=1S/C25H26N2O5/c1-30-19-9-4-2-7-17(19)22-21-23(28)18-8-3-5-10-20(18)32-24(21)25(29)27(22)12-6-11-26-13-15-31-16-14-26/h2-5,7-10,22H,6,11-16H2,1H3. The van der Waals surface area contributed by atoms with Gasteiger partial charge in [0.05, 0.1) is 37.3 Å². The number of hydrogen-bond acceptors (Lipinski definition) is 6. The summed E-state index contributed by atoms with van der Waals surface area (Å²) in [5, 5.41) is 0.481. The van der Waals surface area contributed by atoms with Crippen LogP contribution in [0.5, 0.6) is 5.75 Å². The molecule has 0 saturated carbocycles. The number of amides is 1. The Bertz CT molecular complexity index is 1200. The smallest absolute Gasteiger partial charge is 0.290 e.